The maximum atomic E-state index is 11.3. The number of hydrogen-bond donors (Lipinski definition) is 1. The molecule has 2 aromatic rings. The number of aromatic nitrogens is 2. The average molecular weight is 276 g/mol. The Morgan fingerprint density at radius 2 is 2.50 bits per heavy atom. The van der Waals surface area contributed by atoms with E-state index in [2.05, 4.69) is 20.2 Å². The van der Waals surface area contributed by atoms with Crippen molar-refractivity contribution in [2.24, 2.45) is 0 Å². The molecule has 0 saturated heterocycles. The minimum absolute atomic E-state index is 0.0882. The highest BCUT2D eigenvalue weighted by atomic mass is 16.5. The van der Waals surface area contributed by atoms with Crippen molar-refractivity contribution >= 4 is 6.09 Å². The van der Waals surface area contributed by atoms with E-state index in [1.807, 2.05) is 12.1 Å². The molecule has 1 aromatic heterocycles. The van der Waals surface area contributed by atoms with Gasteiger partial charge in [-0.25, -0.2) is 4.79 Å². The Hall–Kier alpha value is -2.37. The quantitative estimate of drug-likeness (QED) is 0.911. The van der Waals surface area contributed by atoms with Crippen LogP contribution in [-0.2, 0) is 11.2 Å². The number of methoxy groups -OCH3 is 1. The molecule has 0 bridgehead atoms. The van der Waals surface area contributed by atoms with E-state index >= 15 is 0 Å². The van der Waals surface area contributed by atoms with Crippen molar-refractivity contribution in [3.05, 3.63) is 35.2 Å². The lowest BCUT2D eigenvalue weighted by atomic mass is 10.0. The molecule has 1 atom stereocenters. The number of alkyl carbamates (subject to hydrolysis) is 1. The highest BCUT2D eigenvalue weighted by Crippen LogP contribution is 2.33. The van der Waals surface area contributed by atoms with Gasteiger partial charge in [0, 0.05) is 16.5 Å². The number of benzene rings is 1. The fraction of sp³-hybridized carbons (Fsp3) is 0.357. The molecule has 1 N–H and O–H groups in total. The normalized spacial score (nSPS) is 19.6. The minimum Gasteiger partial charge on any atom is -0.453 e. The zero-order valence-electron chi connectivity index (χ0n) is 13.8. The molecule has 6 heteroatoms. The summed E-state index contributed by atoms with van der Waals surface area (Å²) in [5, 5.41) is 6.51. The Kier molecular flexibility index (Phi) is 2.36. The molecule has 6 nitrogen and oxygen atoms in total. The van der Waals surface area contributed by atoms with Gasteiger partial charge in [0.05, 0.1) is 13.2 Å². The Balaban J connectivity index is 1.85. The second kappa shape index (κ2) is 4.96. The summed E-state index contributed by atoms with van der Waals surface area (Å²) in [5.74, 6) is -0.137. The van der Waals surface area contributed by atoms with Crippen LogP contribution >= 0.6 is 0 Å². The van der Waals surface area contributed by atoms with Crippen LogP contribution in [0, 0.1) is 6.85 Å². The maximum Gasteiger partial charge on any atom is 0.407 e. The molecular weight excluding hydrogens is 258 g/mol. The summed E-state index contributed by atoms with van der Waals surface area (Å²) in [6.07, 6.45) is 1.11. The molecule has 1 aliphatic carbocycles. The highest BCUT2D eigenvalue weighted by Gasteiger charge is 2.24. The minimum atomic E-state index is -2.42. The van der Waals surface area contributed by atoms with Crippen molar-refractivity contribution < 1.29 is 18.2 Å². The van der Waals surface area contributed by atoms with Crippen LogP contribution in [-0.4, -0.2) is 23.3 Å². The van der Waals surface area contributed by atoms with Crippen LogP contribution in [0.3, 0.4) is 0 Å². The molecule has 0 fully saturated rings. The van der Waals surface area contributed by atoms with Crippen molar-refractivity contribution in [1.29, 1.82) is 0 Å². The van der Waals surface area contributed by atoms with Crippen LogP contribution in [0.1, 0.15) is 33.6 Å². The molecule has 0 spiro atoms. The summed E-state index contributed by atoms with van der Waals surface area (Å²) in [6.45, 7) is -2.42. The lowest BCUT2D eigenvalue weighted by Crippen LogP contribution is -2.26. The first kappa shape index (κ1) is 9.52. The van der Waals surface area contributed by atoms with Crippen LogP contribution in [0.15, 0.2) is 22.7 Å². The van der Waals surface area contributed by atoms with Crippen LogP contribution in [0.25, 0.3) is 11.4 Å². The molecular formula is C14H15N3O3. The van der Waals surface area contributed by atoms with Gasteiger partial charge in [0.2, 0.25) is 11.7 Å². The first-order chi connectivity index (χ1) is 10.9. The largest absolute Gasteiger partial charge is 0.453 e. The molecule has 1 amide bonds. The summed E-state index contributed by atoms with van der Waals surface area (Å²) in [5.41, 5.74) is 2.75. The fourth-order valence-electron chi connectivity index (χ4n) is 2.45. The summed E-state index contributed by atoms with van der Waals surface area (Å²) >= 11 is 0. The smallest absolute Gasteiger partial charge is 0.407 e. The predicted molar refractivity (Wildman–Crippen MR) is 71.1 cm³/mol. The average Bonchev–Trinajstić information content (AvgIpc) is 3.13. The molecule has 0 saturated carbocycles. The molecule has 104 valence electrons. The molecule has 0 radical (unpaired) electrons. The molecule has 0 aliphatic heterocycles. The third kappa shape index (κ3) is 2.24. The third-order valence-corrected chi connectivity index (χ3v) is 3.38. The fourth-order valence-corrected chi connectivity index (χ4v) is 2.45. The van der Waals surface area contributed by atoms with Crippen molar-refractivity contribution in [3.63, 3.8) is 0 Å². The van der Waals surface area contributed by atoms with Gasteiger partial charge in [-0.15, -0.1) is 0 Å². The van der Waals surface area contributed by atoms with E-state index in [1.165, 1.54) is 7.11 Å². The summed E-state index contributed by atoms with van der Waals surface area (Å²) in [4.78, 5) is 15.3. The van der Waals surface area contributed by atoms with E-state index in [-0.39, 0.29) is 17.8 Å². The van der Waals surface area contributed by atoms with Crippen LogP contribution in [0.5, 0.6) is 0 Å². The number of carbonyl (C=O) groups excluding carboxylic acids is 1. The first-order valence-electron chi connectivity index (χ1n) is 7.70. The summed E-state index contributed by atoms with van der Waals surface area (Å²) < 4.78 is 31.2. The van der Waals surface area contributed by atoms with E-state index in [0.29, 0.717) is 5.56 Å². The third-order valence-electron chi connectivity index (χ3n) is 3.38. The van der Waals surface area contributed by atoms with Gasteiger partial charge in [-0.3, -0.25) is 0 Å². The zero-order chi connectivity index (χ0) is 16.6. The first-order valence-corrected chi connectivity index (χ1v) is 6.20. The lowest BCUT2D eigenvalue weighted by Gasteiger charge is -2.12. The van der Waals surface area contributed by atoms with E-state index < -0.39 is 12.9 Å². The van der Waals surface area contributed by atoms with Gasteiger partial charge in [-0.2, -0.15) is 4.98 Å². The Bertz CT molecular complexity index is 742. The molecule has 20 heavy (non-hydrogen) atoms. The van der Waals surface area contributed by atoms with E-state index in [0.717, 1.165) is 24.0 Å². The zero-order valence-corrected chi connectivity index (χ0v) is 10.8. The predicted octanol–water partition coefficient (Wildman–Crippen LogP) is 2.39. The standard InChI is InChI=1S/C14H15N3O3/c1-8-15-13(17-20-8)10-3-5-11-9(7-10)4-6-12(11)16-14(18)19-2/h3,5,7,12H,4,6H2,1-2H3,(H,16,18)/t12-/m1/s1/i1D3. The van der Waals surface area contributed by atoms with Gasteiger partial charge in [0.25, 0.3) is 0 Å². The number of aryl methyl sites for hydroxylation is 2. The van der Waals surface area contributed by atoms with Gasteiger partial charge in [0.15, 0.2) is 0 Å². The monoisotopic (exact) mass is 276 g/mol. The van der Waals surface area contributed by atoms with Gasteiger partial charge in [0.1, 0.15) is 0 Å². The van der Waals surface area contributed by atoms with Gasteiger partial charge in [-0.05, 0) is 30.0 Å². The van der Waals surface area contributed by atoms with E-state index in [1.54, 1.807) is 6.07 Å². The Morgan fingerprint density at radius 3 is 3.25 bits per heavy atom. The molecule has 0 unspecified atom stereocenters. The number of nitrogens with one attached hydrogen (secondary N) is 1. The number of carbonyl (C=O) groups is 1. The van der Waals surface area contributed by atoms with Crippen molar-refractivity contribution in [2.75, 3.05) is 7.11 Å². The molecule has 1 aromatic carbocycles. The second-order valence-electron chi connectivity index (χ2n) is 4.56. The number of amides is 1. The van der Waals surface area contributed by atoms with Crippen molar-refractivity contribution in [2.45, 2.75) is 25.7 Å². The van der Waals surface area contributed by atoms with Gasteiger partial charge >= 0.3 is 6.09 Å². The van der Waals surface area contributed by atoms with Crippen molar-refractivity contribution in [3.8, 4) is 11.4 Å². The highest BCUT2D eigenvalue weighted by molar-refractivity contribution is 5.68. The molecule has 1 heterocycles. The van der Waals surface area contributed by atoms with E-state index in [4.69, 9.17) is 8.64 Å². The number of rotatable bonds is 2. The number of fused-ring (bicyclic) bond motifs is 1. The molecule has 1 aliphatic rings. The van der Waals surface area contributed by atoms with Gasteiger partial charge in [-0.1, -0.05) is 17.3 Å². The maximum absolute atomic E-state index is 11.3. The summed E-state index contributed by atoms with van der Waals surface area (Å²) in [6, 6.07) is 5.46. The number of nitrogens with zero attached hydrogens (tertiary/aromatic N) is 2. The van der Waals surface area contributed by atoms with Crippen LogP contribution in [0.2, 0.25) is 0 Å². The Morgan fingerprint density at radius 1 is 1.60 bits per heavy atom. The summed E-state index contributed by atoms with van der Waals surface area (Å²) in [7, 11) is 1.33. The van der Waals surface area contributed by atoms with Crippen LogP contribution in [0.4, 0.5) is 4.79 Å². The van der Waals surface area contributed by atoms with Crippen molar-refractivity contribution in [1.82, 2.24) is 15.5 Å². The lowest BCUT2D eigenvalue weighted by molar-refractivity contribution is 0.166. The van der Waals surface area contributed by atoms with Crippen LogP contribution < -0.4 is 5.32 Å². The van der Waals surface area contributed by atoms with Gasteiger partial charge < -0.3 is 14.6 Å². The number of hydrogen-bond acceptors (Lipinski definition) is 5. The molecule has 3 rings (SSSR count). The Labute approximate surface area is 120 Å². The number of ether oxygens (including phenoxy) is 1. The topological polar surface area (TPSA) is 77.2 Å². The SMILES string of the molecule is [2H]C([2H])([2H])c1nc(-c2ccc3c(c2)CC[C@H]3NC(=O)OC)no1. The second-order valence-corrected chi connectivity index (χ2v) is 4.56. The van der Waals surface area contributed by atoms with E-state index in [9.17, 15) is 4.79 Å².